The molecule has 2 aromatic rings. The molecule has 98 valence electrons. The molecule has 0 amide bonds. The van der Waals surface area contributed by atoms with Crippen LogP contribution in [0.1, 0.15) is 24.0 Å². The highest BCUT2D eigenvalue weighted by molar-refractivity contribution is 6.35. The molecule has 0 fully saturated rings. The molecule has 1 heterocycles. The van der Waals surface area contributed by atoms with E-state index in [2.05, 4.69) is 13.5 Å². The van der Waals surface area contributed by atoms with Crippen LogP contribution in [0.3, 0.4) is 0 Å². The van der Waals surface area contributed by atoms with Crippen LogP contribution in [0, 0.1) is 0 Å². The zero-order valence-corrected chi connectivity index (χ0v) is 12.1. The molecule has 0 bridgehead atoms. The van der Waals surface area contributed by atoms with E-state index in [1.165, 1.54) is 4.68 Å². The van der Waals surface area contributed by atoms with Crippen LogP contribution in [0.4, 0.5) is 0 Å². The van der Waals surface area contributed by atoms with E-state index in [1.54, 1.807) is 12.3 Å². The van der Waals surface area contributed by atoms with Crippen LogP contribution < -0.4 is 10.5 Å². The highest BCUT2D eigenvalue weighted by atomic mass is 35.5. The topological polar surface area (TPSA) is 29.9 Å². The number of nitrogens with two attached hydrogens (primary N) is 1. The SMILES string of the molecule is C=C(c1ccc[n+](N)c1)C(C)c1ccc(Cl)cc1Cl. The van der Waals surface area contributed by atoms with Crippen LogP contribution in [-0.4, -0.2) is 0 Å². The monoisotopic (exact) mass is 293 g/mol. The van der Waals surface area contributed by atoms with Gasteiger partial charge in [0.15, 0.2) is 6.20 Å². The quantitative estimate of drug-likeness (QED) is 0.677. The molecule has 2 nitrogen and oxygen atoms in total. The van der Waals surface area contributed by atoms with Gasteiger partial charge in [-0.15, -0.1) is 0 Å². The second-order valence-electron chi connectivity index (χ2n) is 4.45. The maximum Gasteiger partial charge on any atom is 0.206 e. The molecule has 0 saturated carbocycles. The molecule has 1 atom stereocenters. The van der Waals surface area contributed by atoms with Gasteiger partial charge in [-0.25, -0.2) is 5.84 Å². The van der Waals surface area contributed by atoms with Gasteiger partial charge in [0.25, 0.3) is 0 Å². The van der Waals surface area contributed by atoms with Gasteiger partial charge in [-0.2, -0.15) is 0 Å². The second-order valence-corrected chi connectivity index (χ2v) is 5.30. The Kier molecular flexibility index (Phi) is 4.13. The summed E-state index contributed by atoms with van der Waals surface area (Å²) in [5, 5.41) is 1.28. The molecule has 1 aromatic heterocycles. The van der Waals surface area contributed by atoms with E-state index in [9.17, 15) is 0 Å². The van der Waals surface area contributed by atoms with Crippen LogP contribution in [0.15, 0.2) is 49.3 Å². The van der Waals surface area contributed by atoms with Gasteiger partial charge in [-0.1, -0.05) is 47.4 Å². The lowest BCUT2D eigenvalue weighted by Gasteiger charge is -2.16. The van der Waals surface area contributed by atoms with Gasteiger partial charge in [0.2, 0.25) is 6.20 Å². The number of nitrogen functional groups attached to an aromatic ring is 1. The van der Waals surface area contributed by atoms with Crippen molar-refractivity contribution in [1.82, 2.24) is 0 Å². The number of benzene rings is 1. The molecular formula is C15H15Cl2N2+. The van der Waals surface area contributed by atoms with Crippen molar-refractivity contribution in [2.24, 2.45) is 0 Å². The fourth-order valence-corrected chi connectivity index (χ4v) is 2.55. The number of pyridine rings is 1. The van der Waals surface area contributed by atoms with E-state index in [4.69, 9.17) is 29.0 Å². The van der Waals surface area contributed by atoms with E-state index in [0.29, 0.717) is 10.0 Å². The van der Waals surface area contributed by atoms with Gasteiger partial charge in [0, 0.05) is 27.6 Å². The minimum atomic E-state index is 0.0900. The van der Waals surface area contributed by atoms with Gasteiger partial charge in [-0.05, 0) is 29.3 Å². The Hall–Kier alpha value is -1.51. The van der Waals surface area contributed by atoms with Gasteiger partial charge < -0.3 is 0 Å². The second kappa shape index (κ2) is 5.64. The summed E-state index contributed by atoms with van der Waals surface area (Å²) in [5.74, 6) is 5.81. The third kappa shape index (κ3) is 3.09. The molecule has 0 aliphatic heterocycles. The largest absolute Gasteiger partial charge is 0.206 e. The summed E-state index contributed by atoms with van der Waals surface area (Å²) in [6, 6.07) is 9.37. The fraction of sp³-hybridized carbons (Fsp3) is 0.133. The lowest BCUT2D eigenvalue weighted by atomic mass is 9.90. The highest BCUT2D eigenvalue weighted by Crippen LogP contribution is 2.34. The number of nitrogens with zero attached hydrogens (tertiary/aromatic N) is 1. The minimum absolute atomic E-state index is 0.0900. The zero-order valence-electron chi connectivity index (χ0n) is 10.6. The Labute approximate surface area is 123 Å². The van der Waals surface area contributed by atoms with Gasteiger partial charge >= 0.3 is 0 Å². The van der Waals surface area contributed by atoms with Crippen LogP contribution in [0.2, 0.25) is 10.0 Å². The molecule has 0 aliphatic rings. The third-order valence-electron chi connectivity index (χ3n) is 3.14. The smallest absolute Gasteiger partial charge is 0.205 e. The molecule has 0 radical (unpaired) electrons. The molecule has 0 saturated heterocycles. The Morgan fingerprint density at radius 1 is 1.32 bits per heavy atom. The van der Waals surface area contributed by atoms with Crippen molar-refractivity contribution < 1.29 is 4.68 Å². The fourth-order valence-electron chi connectivity index (χ4n) is 1.97. The van der Waals surface area contributed by atoms with Crippen molar-refractivity contribution >= 4 is 28.8 Å². The number of hydrogen-bond donors (Lipinski definition) is 1. The first kappa shape index (κ1) is 13.9. The highest BCUT2D eigenvalue weighted by Gasteiger charge is 2.16. The van der Waals surface area contributed by atoms with Gasteiger partial charge in [0.1, 0.15) is 0 Å². The van der Waals surface area contributed by atoms with Crippen LogP contribution in [0.25, 0.3) is 5.57 Å². The Balaban J connectivity index is 2.33. The standard InChI is InChI=1S/C15H15Cl2N2/c1-10(12-4-3-7-19(18)9-12)11(2)14-6-5-13(16)8-15(14)17/h3-9,11H,1,18H2,2H3/q+1. The minimum Gasteiger partial charge on any atom is -0.205 e. The number of aromatic nitrogens is 1. The van der Waals surface area contributed by atoms with Crippen molar-refractivity contribution in [3.63, 3.8) is 0 Å². The van der Waals surface area contributed by atoms with E-state index in [-0.39, 0.29) is 5.92 Å². The Morgan fingerprint density at radius 3 is 2.68 bits per heavy atom. The summed E-state index contributed by atoms with van der Waals surface area (Å²) in [5.41, 5.74) is 2.95. The molecule has 1 aromatic carbocycles. The third-order valence-corrected chi connectivity index (χ3v) is 3.71. The normalized spacial score (nSPS) is 12.2. The number of hydrogen-bond acceptors (Lipinski definition) is 1. The first-order valence-electron chi connectivity index (χ1n) is 5.89. The number of halogens is 2. The van der Waals surface area contributed by atoms with Crippen molar-refractivity contribution in [3.8, 4) is 0 Å². The summed E-state index contributed by atoms with van der Waals surface area (Å²) in [7, 11) is 0. The molecule has 0 aliphatic carbocycles. The lowest BCUT2D eigenvalue weighted by molar-refractivity contribution is -0.639. The average molecular weight is 294 g/mol. The maximum absolute atomic E-state index is 6.23. The molecule has 2 rings (SSSR count). The van der Waals surface area contributed by atoms with Crippen LogP contribution in [0.5, 0.6) is 0 Å². The van der Waals surface area contributed by atoms with Crippen LogP contribution in [-0.2, 0) is 0 Å². The predicted octanol–water partition coefficient (Wildman–Crippen LogP) is 3.81. The van der Waals surface area contributed by atoms with Gasteiger partial charge in [0.05, 0.1) is 0 Å². The molecule has 1 unspecified atom stereocenters. The Bertz CT molecular complexity index is 623. The average Bonchev–Trinajstić information content (AvgIpc) is 2.37. The summed E-state index contributed by atoms with van der Waals surface area (Å²) in [4.78, 5) is 0. The molecule has 4 heteroatoms. The maximum atomic E-state index is 6.23. The molecular weight excluding hydrogens is 279 g/mol. The van der Waals surface area contributed by atoms with Gasteiger partial charge in [-0.3, -0.25) is 0 Å². The first-order chi connectivity index (χ1) is 8.99. The van der Waals surface area contributed by atoms with Crippen molar-refractivity contribution in [1.29, 1.82) is 0 Å². The van der Waals surface area contributed by atoms with E-state index < -0.39 is 0 Å². The van der Waals surface area contributed by atoms with E-state index in [0.717, 1.165) is 16.7 Å². The predicted molar refractivity (Wildman–Crippen MR) is 80.7 cm³/mol. The summed E-state index contributed by atoms with van der Waals surface area (Å²) >= 11 is 12.1. The zero-order chi connectivity index (χ0) is 14.0. The first-order valence-corrected chi connectivity index (χ1v) is 6.65. The lowest BCUT2D eigenvalue weighted by Crippen LogP contribution is -2.43. The van der Waals surface area contributed by atoms with Crippen molar-refractivity contribution in [2.75, 3.05) is 5.84 Å². The summed E-state index contributed by atoms with van der Waals surface area (Å²) in [6.45, 7) is 6.21. The van der Waals surface area contributed by atoms with Crippen molar-refractivity contribution in [3.05, 3.63) is 70.5 Å². The Morgan fingerprint density at radius 2 is 2.05 bits per heavy atom. The van der Waals surface area contributed by atoms with Crippen molar-refractivity contribution in [2.45, 2.75) is 12.8 Å². The number of rotatable bonds is 3. The van der Waals surface area contributed by atoms with E-state index >= 15 is 0 Å². The molecule has 2 N–H and O–H groups in total. The number of allylic oxidation sites excluding steroid dienone is 1. The van der Waals surface area contributed by atoms with Crippen LogP contribution >= 0.6 is 23.2 Å². The molecule has 0 spiro atoms. The molecule has 19 heavy (non-hydrogen) atoms. The summed E-state index contributed by atoms with van der Waals surface area (Å²) < 4.78 is 1.51. The summed E-state index contributed by atoms with van der Waals surface area (Å²) in [6.07, 6.45) is 3.61. The van der Waals surface area contributed by atoms with E-state index in [1.807, 2.05) is 30.5 Å².